The van der Waals surface area contributed by atoms with Gasteiger partial charge in [-0.25, -0.2) is 4.39 Å². The number of aliphatic hydroxyl groups is 1. The van der Waals surface area contributed by atoms with Crippen LogP contribution in [0.3, 0.4) is 0 Å². The molecule has 0 heterocycles. The lowest BCUT2D eigenvalue weighted by Gasteiger charge is -2.13. The number of hydrogen-bond acceptors (Lipinski definition) is 3. The van der Waals surface area contributed by atoms with Gasteiger partial charge in [-0.2, -0.15) is 5.26 Å². The molecule has 1 rings (SSSR count). The van der Waals surface area contributed by atoms with E-state index in [4.69, 9.17) is 10.4 Å². The highest BCUT2D eigenvalue weighted by atomic mass is 19.1. The van der Waals surface area contributed by atoms with E-state index in [-0.39, 0.29) is 18.2 Å². The number of nitriles is 1. The first-order valence-electron chi connectivity index (χ1n) is 4.20. The molecule has 0 fully saturated rings. The maximum absolute atomic E-state index is 13.2. The van der Waals surface area contributed by atoms with Crippen molar-refractivity contribution < 1.29 is 9.50 Å². The molecule has 0 amide bonds. The van der Waals surface area contributed by atoms with E-state index in [9.17, 15) is 4.39 Å². The maximum Gasteiger partial charge on any atom is 0.141 e. The van der Waals surface area contributed by atoms with Crippen LogP contribution >= 0.6 is 0 Å². The van der Waals surface area contributed by atoms with E-state index < -0.39 is 5.82 Å². The average molecular weight is 194 g/mol. The molecule has 0 aliphatic heterocycles. The Labute approximate surface area is 81.8 Å². The van der Waals surface area contributed by atoms with Crippen molar-refractivity contribution in [2.75, 3.05) is 13.7 Å². The molecule has 3 nitrogen and oxygen atoms in total. The summed E-state index contributed by atoms with van der Waals surface area (Å²) in [6.45, 7) is -0.109. The molecule has 2 N–H and O–H groups in total. The van der Waals surface area contributed by atoms with Gasteiger partial charge in [-0.15, -0.1) is 0 Å². The van der Waals surface area contributed by atoms with Crippen LogP contribution in [0.15, 0.2) is 18.2 Å². The number of aliphatic hydroxyl groups excluding tert-OH is 1. The summed E-state index contributed by atoms with van der Waals surface area (Å²) in [4.78, 5) is 0. The lowest BCUT2D eigenvalue weighted by molar-refractivity contribution is 0.250. The lowest BCUT2D eigenvalue weighted by atomic mass is 10.1. The van der Waals surface area contributed by atoms with Crippen LogP contribution in [0.25, 0.3) is 0 Å². The second-order valence-corrected chi connectivity index (χ2v) is 2.87. The molecule has 4 heteroatoms. The zero-order valence-electron chi connectivity index (χ0n) is 7.79. The molecule has 0 aliphatic carbocycles. The molecular formula is C10H11FN2O. The monoisotopic (exact) mass is 194 g/mol. The standard InChI is InChI=1S/C10H11FN2O/c1-13-10(6-14)7-2-3-8(5-12)9(11)4-7/h2-4,10,13-14H,6H2,1H3/t10-/m0/s1. The van der Waals surface area contributed by atoms with Gasteiger partial charge < -0.3 is 10.4 Å². The van der Waals surface area contributed by atoms with Crippen molar-refractivity contribution in [3.8, 4) is 6.07 Å². The topological polar surface area (TPSA) is 56.0 Å². The molecule has 0 bridgehead atoms. The van der Waals surface area contributed by atoms with Crippen molar-refractivity contribution in [1.29, 1.82) is 5.26 Å². The molecule has 1 aromatic rings. The zero-order valence-corrected chi connectivity index (χ0v) is 7.79. The number of benzene rings is 1. The number of nitrogens with one attached hydrogen (secondary N) is 1. The lowest BCUT2D eigenvalue weighted by Crippen LogP contribution is -2.20. The molecule has 74 valence electrons. The summed E-state index contributed by atoms with van der Waals surface area (Å²) in [5.41, 5.74) is 0.646. The van der Waals surface area contributed by atoms with Gasteiger partial charge in [0.25, 0.3) is 0 Å². The minimum atomic E-state index is -0.557. The fourth-order valence-electron chi connectivity index (χ4n) is 1.20. The number of nitrogens with zero attached hydrogens (tertiary/aromatic N) is 1. The second-order valence-electron chi connectivity index (χ2n) is 2.87. The zero-order chi connectivity index (χ0) is 10.6. The molecule has 0 aromatic heterocycles. The first-order chi connectivity index (χ1) is 6.72. The maximum atomic E-state index is 13.2. The molecular weight excluding hydrogens is 183 g/mol. The van der Waals surface area contributed by atoms with Crippen molar-refractivity contribution in [3.05, 3.63) is 35.1 Å². The van der Waals surface area contributed by atoms with E-state index in [1.165, 1.54) is 12.1 Å². The van der Waals surface area contributed by atoms with Gasteiger partial charge in [0.05, 0.1) is 18.2 Å². The van der Waals surface area contributed by atoms with Gasteiger partial charge in [-0.1, -0.05) is 6.07 Å². The van der Waals surface area contributed by atoms with Crippen LogP contribution in [0.2, 0.25) is 0 Å². The van der Waals surface area contributed by atoms with Crippen molar-refractivity contribution in [3.63, 3.8) is 0 Å². The summed E-state index contributed by atoms with van der Waals surface area (Å²) in [6, 6.07) is 5.74. The summed E-state index contributed by atoms with van der Waals surface area (Å²) < 4.78 is 13.2. The summed E-state index contributed by atoms with van der Waals surface area (Å²) >= 11 is 0. The van der Waals surface area contributed by atoms with Crippen LogP contribution in [0.4, 0.5) is 4.39 Å². The SMILES string of the molecule is CN[C@@H](CO)c1ccc(C#N)c(F)c1. The van der Waals surface area contributed by atoms with Crippen molar-refractivity contribution >= 4 is 0 Å². The molecule has 0 saturated heterocycles. The Balaban J connectivity index is 3.02. The van der Waals surface area contributed by atoms with Crippen LogP contribution in [-0.2, 0) is 0 Å². The van der Waals surface area contributed by atoms with Crippen LogP contribution in [0.5, 0.6) is 0 Å². The predicted octanol–water partition coefficient (Wildman–Crippen LogP) is 0.950. The summed E-state index contributed by atoms with van der Waals surface area (Å²) in [7, 11) is 1.68. The Morgan fingerprint density at radius 2 is 2.36 bits per heavy atom. The first kappa shape index (κ1) is 10.6. The van der Waals surface area contributed by atoms with Gasteiger partial charge in [0.15, 0.2) is 0 Å². The van der Waals surface area contributed by atoms with E-state index in [1.54, 1.807) is 19.2 Å². The van der Waals surface area contributed by atoms with Crippen molar-refractivity contribution in [2.24, 2.45) is 0 Å². The Morgan fingerprint density at radius 1 is 1.64 bits per heavy atom. The Hall–Kier alpha value is -1.44. The molecule has 1 atom stereocenters. The minimum absolute atomic E-state index is 0.0153. The molecule has 1 aromatic carbocycles. The normalized spacial score (nSPS) is 12.1. The first-order valence-corrected chi connectivity index (χ1v) is 4.20. The highest BCUT2D eigenvalue weighted by Crippen LogP contribution is 2.15. The summed E-state index contributed by atoms with van der Waals surface area (Å²) in [5, 5.41) is 20.3. The van der Waals surface area contributed by atoms with Crippen molar-refractivity contribution in [2.45, 2.75) is 6.04 Å². The highest BCUT2D eigenvalue weighted by Gasteiger charge is 2.10. The van der Waals surface area contributed by atoms with Crippen LogP contribution < -0.4 is 5.32 Å². The number of rotatable bonds is 3. The van der Waals surface area contributed by atoms with Crippen LogP contribution in [0.1, 0.15) is 17.2 Å². The fourth-order valence-corrected chi connectivity index (χ4v) is 1.20. The highest BCUT2D eigenvalue weighted by molar-refractivity contribution is 5.34. The smallest absolute Gasteiger partial charge is 0.141 e. The van der Waals surface area contributed by atoms with Gasteiger partial charge in [0, 0.05) is 0 Å². The van der Waals surface area contributed by atoms with Gasteiger partial charge in [-0.05, 0) is 24.7 Å². The Kier molecular flexibility index (Phi) is 3.57. The molecule has 0 spiro atoms. The van der Waals surface area contributed by atoms with Gasteiger partial charge >= 0.3 is 0 Å². The van der Waals surface area contributed by atoms with E-state index >= 15 is 0 Å². The van der Waals surface area contributed by atoms with E-state index in [0.29, 0.717) is 5.56 Å². The van der Waals surface area contributed by atoms with Gasteiger partial charge in [0.1, 0.15) is 11.9 Å². The minimum Gasteiger partial charge on any atom is -0.394 e. The molecule has 0 unspecified atom stereocenters. The Bertz CT molecular complexity index is 356. The van der Waals surface area contributed by atoms with Crippen LogP contribution in [0, 0.1) is 17.1 Å². The van der Waals surface area contributed by atoms with E-state index in [0.717, 1.165) is 0 Å². The van der Waals surface area contributed by atoms with E-state index in [2.05, 4.69) is 5.32 Å². The third-order valence-corrected chi connectivity index (χ3v) is 2.05. The number of hydrogen-bond donors (Lipinski definition) is 2. The van der Waals surface area contributed by atoms with Gasteiger partial charge in [0.2, 0.25) is 0 Å². The molecule has 0 saturated carbocycles. The largest absolute Gasteiger partial charge is 0.394 e. The number of halogens is 1. The van der Waals surface area contributed by atoms with Gasteiger partial charge in [-0.3, -0.25) is 0 Å². The summed E-state index contributed by atoms with van der Waals surface area (Å²) in [5.74, 6) is -0.557. The average Bonchev–Trinajstić information content (AvgIpc) is 2.20. The van der Waals surface area contributed by atoms with E-state index in [1.807, 2.05) is 0 Å². The fraction of sp³-hybridized carbons (Fsp3) is 0.300. The number of likely N-dealkylation sites (N-methyl/N-ethyl adjacent to an activating group) is 1. The third-order valence-electron chi connectivity index (χ3n) is 2.05. The summed E-state index contributed by atoms with van der Waals surface area (Å²) in [6.07, 6.45) is 0. The predicted molar refractivity (Wildman–Crippen MR) is 50.0 cm³/mol. The second kappa shape index (κ2) is 4.70. The Morgan fingerprint density at radius 3 is 2.79 bits per heavy atom. The van der Waals surface area contributed by atoms with Crippen LogP contribution in [-0.4, -0.2) is 18.8 Å². The molecule has 0 radical (unpaired) electrons. The quantitative estimate of drug-likeness (QED) is 0.753. The van der Waals surface area contributed by atoms with Crippen molar-refractivity contribution in [1.82, 2.24) is 5.32 Å². The third kappa shape index (κ3) is 2.08. The molecule has 14 heavy (non-hydrogen) atoms. The molecule has 0 aliphatic rings.